The van der Waals surface area contributed by atoms with E-state index in [4.69, 9.17) is 0 Å². The normalized spacial score (nSPS) is 17.8. The van der Waals surface area contributed by atoms with E-state index in [1.165, 1.54) is 0 Å². The fourth-order valence-electron chi connectivity index (χ4n) is 2.36. The van der Waals surface area contributed by atoms with Crippen LogP contribution in [0.5, 0.6) is 0 Å². The van der Waals surface area contributed by atoms with Crippen LogP contribution in [-0.4, -0.2) is 29.4 Å². The molecule has 1 aliphatic carbocycles. The number of benzene rings is 1. The summed E-state index contributed by atoms with van der Waals surface area (Å²) in [7, 11) is -3.16. The molecule has 0 aliphatic heterocycles. The number of sulfone groups is 1. The van der Waals surface area contributed by atoms with Gasteiger partial charge in [0.15, 0.2) is 9.84 Å². The molecule has 102 valence electrons. The third-order valence-corrected chi connectivity index (χ3v) is 5.76. The number of aliphatic hydroxyl groups is 1. The predicted octanol–water partition coefficient (Wildman–Crippen LogP) is 1.96. The summed E-state index contributed by atoms with van der Waals surface area (Å²) in [5.74, 6) is 0. The standard InChI is InChI=1S/C14H17NO3S/c1-10(16)9-15-7-6-11-2-3-13(8-14(11)15)19(17,18)12-4-5-12/h2-3,6-8,10,12,16H,4-5,9H2,1H3. The molecule has 0 amide bonds. The fraction of sp³-hybridized carbons (Fsp3) is 0.429. The largest absolute Gasteiger partial charge is 0.392 e. The summed E-state index contributed by atoms with van der Waals surface area (Å²) in [6.45, 7) is 2.19. The van der Waals surface area contributed by atoms with E-state index in [1.807, 2.05) is 22.9 Å². The van der Waals surface area contributed by atoms with Gasteiger partial charge in [-0.3, -0.25) is 0 Å². The minimum atomic E-state index is -3.16. The molecule has 1 heterocycles. The van der Waals surface area contributed by atoms with E-state index in [-0.39, 0.29) is 5.25 Å². The van der Waals surface area contributed by atoms with Crippen LogP contribution in [0.2, 0.25) is 0 Å². The Morgan fingerprint density at radius 2 is 2.11 bits per heavy atom. The summed E-state index contributed by atoms with van der Waals surface area (Å²) < 4.78 is 26.4. The van der Waals surface area contributed by atoms with Crippen LogP contribution in [0, 0.1) is 0 Å². The summed E-state index contributed by atoms with van der Waals surface area (Å²) >= 11 is 0. The van der Waals surface area contributed by atoms with E-state index < -0.39 is 15.9 Å². The first-order chi connectivity index (χ1) is 8.98. The van der Waals surface area contributed by atoms with Crippen molar-refractivity contribution >= 4 is 20.7 Å². The summed E-state index contributed by atoms with van der Waals surface area (Å²) in [6.07, 6.45) is 2.97. The van der Waals surface area contributed by atoms with Crippen molar-refractivity contribution in [3.05, 3.63) is 30.5 Å². The molecule has 5 heteroatoms. The van der Waals surface area contributed by atoms with Crippen molar-refractivity contribution in [2.45, 2.75) is 42.6 Å². The Morgan fingerprint density at radius 3 is 2.74 bits per heavy atom. The van der Waals surface area contributed by atoms with E-state index in [1.54, 1.807) is 19.1 Å². The zero-order chi connectivity index (χ0) is 13.6. The molecule has 0 spiro atoms. The van der Waals surface area contributed by atoms with Gasteiger partial charge in [0.2, 0.25) is 0 Å². The highest BCUT2D eigenvalue weighted by Gasteiger charge is 2.36. The van der Waals surface area contributed by atoms with Crippen molar-refractivity contribution < 1.29 is 13.5 Å². The maximum atomic E-state index is 12.2. The van der Waals surface area contributed by atoms with Crippen LogP contribution in [0.25, 0.3) is 10.9 Å². The molecule has 3 rings (SSSR count). The summed E-state index contributed by atoms with van der Waals surface area (Å²) in [6, 6.07) is 7.18. The molecule has 1 saturated carbocycles. The number of hydrogen-bond acceptors (Lipinski definition) is 3. The maximum Gasteiger partial charge on any atom is 0.181 e. The van der Waals surface area contributed by atoms with Crippen LogP contribution in [0.15, 0.2) is 35.4 Å². The number of rotatable bonds is 4. The lowest BCUT2D eigenvalue weighted by molar-refractivity contribution is 0.175. The highest BCUT2D eigenvalue weighted by Crippen LogP contribution is 2.34. The van der Waals surface area contributed by atoms with Crippen molar-refractivity contribution in [3.63, 3.8) is 0 Å². The maximum absolute atomic E-state index is 12.2. The summed E-state index contributed by atoms with van der Waals surface area (Å²) in [4.78, 5) is 0.396. The first-order valence-electron chi connectivity index (χ1n) is 6.49. The van der Waals surface area contributed by atoms with Gasteiger partial charge < -0.3 is 9.67 Å². The smallest absolute Gasteiger partial charge is 0.181 e. The quantitative estimate of drug-likeness (QED) is 0.930. The number of nitrogens with zero attached hydrogens (tertiary/aromatic N) is 1. The second kappa shape index (κ2) is 4.35. The Hall–Kier alpha value is -1.33. The topological polar surface area (TPSA) is 59.3 Å². The van der Waals surface area contributed by atoms with Crippen molar-refractivity contribution in [1.82, 2.24) is 4.57 Å². The van der Waals surface area contributed by atoms with E-state index in [0.29, 0.717) is 11.4 Å². The number of aliphatic hydroxyl groups excluding tert-OH is 1. The second-order valence-corrected chi connectivity index (χ2v) is 7.51. The molecule has 1 fully saturated rings. The van der Waals surface area contributed by atoms with Crippen molar-refractivity contribution in [2.24, 2.45) is 0 Å². The van der Waals surface area contributed by atoms with Gasteiger partial charge in [-0.25, -0.2) is 8.42 Å². The van der Waals surface area contributed by atoms with Crippen LogP contribution in [0.1, 0.15) is 19.8 Å². The average Bonchev–Trinajstić information content (AvgIpc) is 3.13. The zero-order valence-electron chi connectivity index (χ0n) is 10.8. The van der Waals surface area contributed by atoms with E-state index in [2.05, 4.69) is 0 Å². The molecule has 1 unspecified atom stereocenters. The Kier molecular flexibility index (Phi) is 2.91. The predicted molar refractivity (Wildman–Crippen MR) is 73.8 cm³/mol. The van der Waals surface area contributed by atoms with Crippen LogP contribution in [-0.2, 0) is 16.4 Å². The molecular formula is C14H17NO3S. The summed E-state index contributed by atoms with van der Waals surface area (Å²) in [5.41, 5.74) is 0.864. The van der Waals surface area contributed by atoms with Gasteiger partial charge >= 0.3 is 0 Å². The number of hydrogen-bond donors (Lipinski definition) is 1. The third-order valence-electron chi connectivity index (χ3n) is 3.50. The van der Waals surface area contributed by atoms with Gasteiger partial charge in [-0.15, -0.1) is 0 Å². The minimum absolute atomic E-state index is 0.190. The second-order valence-electron chi connectivity index (χ2n) is 5.28. The van der Waals surface area contributed by atoms with Crippen molar-refractivity contribution in [1.29, 1.82) is 0 Å². The summed E-state index contributed by atoms with van der Waals surface area (Å²) in [5, 5.41) is 10.3. The van der Waals surface area contributed by atoms with Gasteiger partial charge in [0.1, 0.15) is 0 Å². The number of fused-ring (bicyclic) bond motifs is 1. The minimum Gasteiger partial charge on any atom is -0.392 e. The van der Waals surface area contributed by atoms with Crippen LogP contribution in [0.3, 0.4) is 0 Å². The lowest BCUT2D eigenvalue weighted by Crippen LogP contribution is -2.11. The molecular weight excluding hydrogens is 262 g/mol. The molecule has 1 aliphatic rings. The monoisotopic (exact) mass is 279 g/mol. The lowest BCUT2D eigenvalue weighted by Gasteiger charge is -2.09. The molecule has 1 aromatic heterocycles. The van der Waals surface area contributed by atoms with E-state index in [0.717, 1.165) is 23.7 Å². The average molecular weight is 279 g/mol. The van der Waals surface area contributed by atoms with Crippen LogP contribution in [0.4, 0.5) is 0 Å². The molecule has 4 nitrogen and oxygen atoms in total. The zero-order valence-corrected chi connectivity index (χ0v) is 11.6. The lowest BCUT2D eigenvalue weighted by atomic mass is 10.2. The molecule has 2 aromatic rings. The number of aromatic nitrogens is 1. The molecule has 0 bridgehead atoms. The van der Waals surface area contributed by atoms with E-state index >= 15 is 0 Å². The van der Waals surface area contributed by atoms with Gasteiger partial charge in [0.05, 0.1) is 16.2 Å². The Bertz CT molecular complexity index is 711. The highest BCUT2D eigenvalue weighted by atomic mass is 32.2. The van der Waals surface area contributed by atoms with E-state index in [9.17, 15) is 13.5 Å². The van der Waals surface area contributed by atoms with Gasteiger partial charge in [-0.1, -0.05) is 6.07 Å². The first kappa shape index (κ1) is 12.7. The van der Waals surface area contributed by atoms with Gasteiger partial charge in [0, 0.05) is 18.3 Å². The van der Waals surface area contributed by atoms with Gasteiger partial charge in [-0.2, -0.15) is 0 Å². The molecule has 1 N–H and O–H groups in total. The highest BCUT2D eigenvalue weighted by molar-refractivity contribution is 7.92. The molecule has 0 radical (unpaired) electrons. The molecule has 19 heavy (non-hydrogen) atoms. The van der Waals surface area contributed by atoms with Crippen LogP contribution < -0.4 is 0 Å². The Balaban J connectivity index is 2.08. The fourth-order valence-corrected chi connectivity index (χ4v) is 4.03. The Morgan fingerprint density at radius 1 is 1.37 bits per heavy atom. The third kappa shape index (κ3) is 2.28. The van der Waals surface area contributed by atoms with Gasteiger partial charge in [0.25, 0.3) is 0 Å². The van der Waals surface area contributed by atoms with Crippen molar-refractivity contribution in [3.8, 4) is 0 Å². The van der Waals surface area contributed by atoms with Gasteiger partial charge in [-0.05, 0) is 43.4 Å². The molecule has 0 saturated heterocycles. The first-order valence-corrected chi connectivity index (χ1v) is 8.04. The molecule has 1 atom stereocenters. The Labute approximate surface area is 112 Å². The van der Waals surface area contributed by atoms with Crippen LogP contribution >= 0.6 is 0 Å². The van der Waals surface area contributed by atoms with Crippen molar-refractivity contribution in [2.75, 3.05) is 0 Å². The SMILES string of the molecule is CC(O)Cn1ccc2ccc(S(=O)(=O)C3CC3)cc21. The molecule has 1 aromatic carbocycles.